The number of hydrogen-bond acceptors (Lipinski definition) is 1. The predicted octanol–water partition coefficient (Wildman–Crippen LogP) is 2.52. The van der Waals surface area contributed by atoms with Crippen LogP contribution in [0.5, 0.6) is 0 Å². The summed E-state index contributed by atoms with van der Waals surface area (Å²) in [7, 11) is 2.29. The largest absolute Gasteiger partial charge is 0.303 e. The minimum absolute atomic E-state index is 0.821. The SMILES string of the molecule is CC(C)[C@@H]1CC2(CCN1C)CC2. The Balaban J connectivity index is 2.00. The molecular weight excluding hydrogens is 146 g/mol. The second kappa shape index (κ2) is 2.73. The summed E-state index contributed by atoms with van der Waals surface area (Å²) in [6, 6.07) is 0.862. The van der Waals surface area contributed by atoms with Gasteiger partial charge in [0, 0.05) is 6.04 Å². The van der Waals surface area contributed by atoms with E-state index in [2.05, 4.69) is 25.8 Å². The molecule has 1 saturated carbocycles. The molecule has 1 heteroatoms. The van der Waals surface area contributed by atoms with Crippen molar-refractivity contribution in [3.8, 4) is 0 Å². The monoisotopic (exact) mass is 167 g/mol. The highest BCUT2D eigenvalue weighted by Crippen LogP contribution is 2.55. The second-order valence-corrected chi connectivity index (χ2v) is 5.25. The standard InChI is InChI=1S/C11H21N/c1-9(2)10-8-11(4-5-11)6-7-12(10)3/h9-10H,4-8H2,1-3H3/t10-/m0/s1. The van der Waals surface area contributed by atoms with Gasteiger partial charge < -0.3 is 4.90 Å². The first-order valence-electron chi connectivity index (χ1n) is 5.33. The van der Waals surface area contributed by atoms with Crippen molar-refractivity contribution in [1.29, 1.82) is 0 Å². The molecule has 1 aliphatic carbocycles. The highest BCUT2D eigenvalue weighted by atomic mass is 15.1. The van der Waals surface area contributed by atoms with Gasteiger partial charge in [-0.2, -0.15) is 0 Å². The van der Waals surface area contributed by atoms with Crippen LogP contribution in [0.15, 0.2) is 0 Å². The molecule has 1 saturated heterocycles. The predicted molar refractivity (Wildman–Crippen MR) is 52.2 cm³/mol. The van der Waals surface area contributed by atoms with Crippen molar-refractivity contribution in [2.24, 2.45) is 11.3 Å². The van der Waals surface area contributed by atoms with Gasteiger partial charge in [0.05, 0.1) is 0 Å². The van der Waals surface area contributed by atoms with Crippen LogP contribution < -0.4 is 0 Å². The summed E-state index contributed by atoms with van der Waals surface area (Å²) in [5.74, 6) is 0.841. The Bertz CT molecular complexity index is 170. The van der Waals surface area contributed by atoms with Crippen LogP contribution >= 0.6 is 0 Å². The molecule has 1 nitrogen and oxygen atoms in total. The van der Waals surface area contributed by atoms with Gasteiger partial charge in [0.2, 0.25) is 0 Å². The molecule has 12 heavy (non-hydrogen) atoms. The molecule has 2 fully saturated rings. The molecule has 70 valence electrons. The minimum Gasteiger partial charge on any atom is -0.303 e. The Morgan fingerprint density at radius 3 is 2.42 bits per heavy atom. The van der Waals surface area contributed by atoms with E-state index >= 15 is 0 Å². The number of piperidine rings is 1. The lowest BCUT2D eigenvalue weighted by atomic mass is 9.83. The smallest absolute Gasteiger partial charge is 0.0120 e. The fourth-order valence-electron chi connectivity index (χ4n) is 2.66. The van der Waals surface area contributed by atoms with Crippen LogP contribution in [0.3, 0.4) is 0 Å². The average molecular weight is 167 g/mol. The molecule has 0 aromatic rings. The van der Waals surface area contributed by atoms with Crippen LogP contribution in [-0.2, 0) is 0 Å². The van der Waals surface area contributed by atoms with Crippen LogP contribution in [0.1, 0.15) is 39.5 Å². The molecule has 1 atom stereocenters. The van der Waals surface area contributed by atoms with Crippen molar-refractivity contribution in [1.82, 2.24) is 4.90 Å². The highest BCUT2D eigenvalue weighted by molar-refractivity contribution is 5.00. The van der Waals surface area contributed by atoms with Crippen molar-refractivity contribution in [3.05, 3.63) is 0 Å². The van der Waals surface area contributed by atoms with Gasteiger partial charge in [-0.15, -0.1) is 0 Å². The van der Waals surface area contributed by atoms with Gasteiger partial charge in [-0.05, 0) is 50.6 Å². The number of hydrogen-bond donors (Lipinski definition) is 0. The Morgan fingerprint density at radius 1 is 1.25 bits per heavy atom. The molecule has 0 radical (unpaired) electrons. The number of rotatable bonds is 1. The van der Waals surface area contributed by atoms with Gasteiger partial charge in [0.25, 0.3) is 0 Å². The van der Waals surface area contributed by atoms with Crippen LogP contribution in [0.4, 0.5) is 0 Å². The zero-order valence-corrected chi connectivity index (χ0v) is 8.64. The molecule has 0 unspecified atom stereocenters. The fraction of sp³-hybridized carbons (Fsp3) is 1.00. The minimum atomic E-state index is 0.821. The molecule has 2 rings (SSSR count). The molecule has 0 aromatic heterocycles. The summed E-state index contributed by atoms with van der Waals surface area (Å²) in [5.41, 5.74) is 0.821. The molecule has 1 aliphatic heterocycles. The normalized spacial score (nSPS) is 34.5. The summed E-state index contributed by atoms with van der Waals surface area (Å²) >= 11 is 0. The molecule has 1 spiro atoms. The Labute approximate surface area is 76.1 Å². The first-order valence-corrected chi connectivity index (χ1v) is 5.33. The van der Waals surface area contributed by atoms with Crippen LogP contribution in [0.25, 0.3) is 0 Å². The summed E-state index contributed by atoms with van der Waals surface area (Å²) in [5, 5.41) is 0. The van der Waals surface area contributed by atoms with Crippen molar-refractivity contribution >= 4 is 0 Å². The van der Waals surface area contributed by atoms with E-state index in [1.54, 1.807) is 0 Å². The third kappa shape index (κ3) is 1.39. The van der Waals surface area contributed by atoms with E-state index in [0.717, 1.165) is 17.4 Å². The molecule has 0 bridgehead atoms. The topological polar surface area (TPSA) is 3.24 Å². The van der Waals surface area contributed by atoms with Gasteiger partial charge in [-0.1, -0.05) is 13.8 Å². The quantitative estimate of drug-likeness (QED) is 0.580. The fourth-order valence-corrected chi connectivity index (χ4v) is 2.66. The molecule has 0 amide bonds. The van der Waals surface area contributed by atoms with Crippen LogP contribution in [0, 0.1) is 11.3 Å². The zero-order chi connectivity index (χ0) is 8.77. The van der Waals surface area contributed by atoms with Crippen molar-refractivity contribution in [2.45, 2.75) is 45.6 Å². The van der Waals surface area contributed by atoms with E-state index in [0.29, 0.717) is 0 Å². The molecule has 0 aromatic carbocycles. The molecular formula is C11H21N. The first-order chi connectivity index (χ1) is 5.63. The van der Waals surface area contributed by atoms with Gasteiger partial charge in [-0.3, -0.25) is 0 Å². The summed E-state index contributed by atoms with van der Waals surface area (Å²) in [4.78, 5) is 2.56. The Kier molecular flexibility index (Phi) is 1.95. The lowest BCUT2D eigenvalue weighted by molar-refractivity contribution is 0.0966. The number of likely N-dealkylation sites (tertiary alicyclic amines) is 1. The molecule has 1 heterocycles. The number of nitrogens with zero attached hydrogens (tertiary/aromatic N) is 1. The second-order valence-electron chi connectivity index (χ2n) is 5.25. The summed E-state index contributed by atoms with van der Waals surface area (Å²) < 4.78 is 0. The zero-order valence-electron chi connectivity index (χ0n) is 8.64. The highest BCUT2D eigenvalue weighted by Gasteiger charge is 2.47. The van der Waals surface area contributed by atoms with Crippen molar-refractivity contribution in [2.75, 3.05) is 13.6 Å². The van der Waals surface area contributed by atoms with E-state index in [-0.39, 0.29) is 0 Å². The third-order valence-corrected chi connectivity index (χ3v) is 3.93. The summed E-state index contributed by atoms with van der Waals surface area (Å²) in [6.07, 6.45) is 5.97. The Morgan fingerprint density at radius 2 is 1.92 bits per heavy atom. The Hall–Kier alpha value is -0.0400. The maximum absolute atomic E-state index is 2.56. The maximum Gasteiger partial charge on any atom is 0.0120 e. The molecule has 0 N–H and O–H groups in total. The third-order valence-electron chi connectivity index (χ3n) is 3.93. The van der Waals surface area contributed by atoms with Gasteiger partial charge in [0.15, 0.2) is 0 Å². The van der Waals surface area contributed by atoms with E-state index in [4.69, 9.17) is 0 Å². The van der Waals surface area contributed by atoms with E-state index in [1.807, 2.05) is 0 Å². The molecule has 2 aliphatic rings. The van der Waals surface area contributed by atoms with E-state index in [9.17, 15) is 0 Å². The van der Waals surface area contributed by atoms with Crippen molar-refractivity contribution in [3.63, 3.8) is 0 Å². The average Bonchev–Trinajstić information content (AvgIpc) is 2.76. The lowest BCUT2D eigenvalue weighted by Crippen LogP contribution is -2.43. The van der Waals surface area contributed by atoms with E-state index in [1.165, 1.54) is 32.2 Å². The van der Waals surface area contributed by atoms with Crippen molar-refractivity contribution < 1.29 is 0 Å². The first kappa shape index (κ1) is 8.55. The summed E-state index contributed by atoms with van der Waals surface area (Å²) in [6.45, 7) is 6.06. The van der Waals surface area contributed by atoms with E-state index < -0.39 is 0 Å². The van der Waals surface area contributed by atoms with Gasteiger partial charge in [0.1, 0.15) is 0 Å². The lowest BCUT2D eigenvalue weighted by Gasteiger charge is -2.39. The van der Waals surface area contributed by atoms with Crippen LogP contribution in [0.2, 0.25) is 0 Å². The maximum atomic E-state index is 2.56. The van der Waals surface area contributed by atoms with Gasteiger partial charge in [-0.25, -0.2) is 0 Å². The van der Waals surface area contributed by atoms with Gasteiger partial charge >= 0.3 is 0 Å². The van der Waals surface area contributed by atoms with Crippen LogP contribution in [-0.4, -0.2) is 24.5 Å².